The van der Waals surface area contributed by atoms with Crippen LogP contribution in [0.3, 0.4) is 0 Å². The molecule has 0 saturated carbocycles. The van der Waals surface area contributed by atoms with Crippen molar-refractivity contribution in [2.45, 2.75) is 103 Å². The molecule has 1 aromatic carbocycles. The van der Waals surface area contributed by atoms with Gasteiger partial charge < -0.3 is 38.7 Å². The molecular weight excluding hydrogens is 665 g/mol. The molecule has 2 N–H and O–H groups in total. The van der Waals surface area contributed by atoms with E-state index in [0.717, 1.165) is 37.9 Å². The van der Waals surface area contributed by atoms with Crippen LogP contribution in [0.2, 0.25) is 18.1 Å². The first kappa shape index (κ1) is 41.1. The summed E-state index contributed by atoms with van der Waals surface area (Å²) in [5.74, 6) is 0.822. The lowest BCUT2D eigenvalue weighted by Crippen LogP contribution is -2.47. The van der Waals surface area contributed by atoms with Gasteiger partial charge in [-0.25, -0.2) is 4.79 Å². The van der Waals surface area contributed by atoms with Crippen LogP contribution in [-0.4, -0.2) is 91.4 Å². The molecule has 0 aromatic heterocycles. The van der Waals surface area contributed by atoms with E-state index in [-0.39, 0.29) is 41.2 Å². The Morgan fingerprint density at radius 1 is 0.922 bits per heavy atom. The van der Waals surface area contributed by atoms with Gasteiger partial charge >= 0.3 is 12.1 Å². The fraction of sp³-hybridized carbons (Fsp3) is 0.700. The Balaban J connectivity index is 1.14. The first-order chi connectivity index (χ1) is 24.3. The van der Waals surface area contributed by atoms with E-state index < -0.39 is 14.4 Å². The summed E-state index contributed by atoms with van der Waals surface area (Å²) < 4.78 is 35.4. The molecule has 1 amide bonds. The zero-order valence-electron chi connectivity index (χ0n) is 32.1. The maximum absolute atomic E-state index is 13.0. The van der Waals surface area contributed by atoms with Crippen molar-refractivity contribution in [3.05, 3.63) is 54.1 Å². The summed E-state index contributed by atoms with van der Waals surface area (Å²) in [6.45, 7) is 19.6. The van der Waals surface area contributed by atoms with E-state index in [2.05, 4.69) is 76.6 Å². The van der Waals surface area contributed by atoms with Gasteiger partial charge in [0.2, 0.25) is 0 Å². The van der Waals surface area contributed by atoms with Crippen LogP contribution in [0.25, 0.3) is 0 Å². The molecule has 1 aliphatic heterocycles. The number of carbonyl (C=O) groups excluding carboxylic acids is 2. The van der Waals surface area contributed by atoms with Crippen LogP contribution in [0.1, 0.15) is 66.7 Å². The molecule has 0 bridgehead atoms. The molecule has 7 atom stereocenters. The SMILES string of the molecule is C[C@H]1C=C2C=C[C@H](C)[C@H](CC[C@@H]3C[C@@H](O[Si](C)(C)C(C)(C)C)CC(=O)O3)[C@H]2[C@@H](OC(=O)NCCOCCOCCOCCNc2ccccc2)C1. The zero-order chi connectivity index (χ0) is 36.9. The summed E-state index contributed by atoms with van der Waals surface area (Å²) in [4.78, 5) is 25.6. The summed E-state index contributed by atoms with van der Waals surface area (Å²) in [7, 11) is -2.01. The number of benzene rings is 1. The molecule has 0 spiro atoms. The second-order valence-corrected chi connectivity index (χ2v) is 20.7. The predicted molar refractivity (Wildman–Crippen MR) is 203 cm³/mol. The Labute approximate surface area is 307 Å². The second-order valence-electron chi connectivity index (χ2n) is 15.9. The second kappa shape index (κ2) is 19.9. The van der Waals surface area contributed by atoms with Crippen LogP contribution in [0.15, 0.2) is 54.1 Å². The molecule has 1 heterocycles. The monoisotopic (exact) mass is 728 g/mol. The number of para-hydroxylation sites is 1. The minimum atomic E-state index is -2.01. The quantitative estimate of drug-likeness (QED) is 0.0849. The van der Waals surface area contributed by atoms with E-state index in [9.17, 15) is 9.59 Å². The molecule has 286 valence electrons. The highest BCUT2D eigenvalue weighted by Gasteiger charge is 2.44. The number of hydrogen-bond acceptors (Lipinski definition) is 9. The fourth-order valence-corrected chi connectivity index (χ4v) is 8.44. The molecule has 3 aliphatic rings. The van der Waals surface area contributed by atoms with Crippen LogP contribution < -0.4 is 10.6 Å². The van der Waals surface area contributed by atoms with Crippen molar-refractivity contribution in [1.82, 2.24) is 5.32 Å². The van der Waals surface area contributed by atoms with Crippen molar-refractivity contribution < 1.29 is 37.7 Å². The Morgan fingerprint density at radius 3 is 2.27 bits per heavy atom. The van der Waals surface area contributed by atoms with Crippen LogP contribution in [0.4, 0.5) is 10.5 Å². The van der Waals surface area contributed by atoms with Crippen molar-refractivity contribution in [2.24, 2.45) is 23.7 Å². The summed E-state index contributed by atoms with van der Waals surface area (Å²) in [6.07, 6.45) is 9.39. The van der Waals surface area contributed by atoms with Crippen molar-refractivity contribution >= 4 is 26.1 Å². The Hall–Kier alpha value is -2.70. The Kier molecular flexibility index (Phi) is 16.1. The number of alkyl carbamates (subject to hydrolysis) is 1. The van der Waals surface area contributed by atoms with Gasteiger partial charge in [-0.1, -0.05) is 71.0 Å². The number of ether oxygens (including phenoxy) is 5. The number of nitrogens with one attached hydrogen (secondary N) is 2. The molecule has 11 heteroatoms. The lowest BCUT2D eigenvalue weighted by molar-refractivity contribution is -0.160. The summed E-state index contributed by atoms with van der Waals surface area (Å²) in [6, 6.07) is 10.0. The predicted octanol–water partition coefficient (Wildman–Crippen LogP) is 7.52. The molecule has 51 heavy (non-hydrogen) atoms. The molecule has 10 nitrogen and oxygen atoms in total. The van der Waals surface area contributed by atoms with E-state index in [4.69, 9.17) is 28.1 Å². The smallest absolute Gasteiger partial charge is 0.407 e. The van der Waals surface area contributed by atoms with Crippen LogP contribution in [0.5, 0.6) is 0 Å². The Bertz CT molecular complexity index is 1280. The molecular formula is C40H64N2O8Si. The van der Waals surface area contributed by atoms with Crippen molar-refractivity contribution in [2.75, 3.05) is 58.0 Å². The summed E-state index contributed by atoms with van der Waals surface area (Å²) in [5.41, 5.74) is 2.32. The molecule has 2 aliphatic carbocycles. The van der Waals surface area contributed by atoms with Crippen LogP contribution in [0, 0.1) is 23.7 Å². The van der Waals surface area contributed by atoms with Crippen molar-refractivity contribution in [3.8, 4) is 0 Å². The molecule has 1 aromatic rings. The highest BCUT2D eigenvalue weighted by atomic mass is 28.4. The lowest BCUT2D eigenvalue weighted by Gasteiger charge is -2.44. The van der Waals surface area contributed by atoms with Crippen LogP contribution in [-0.2, 0) is 32.9 Å². The molecule has 1 saturated heterocycles. The van der Waals surface area contributed by atoms with E-state index >= 15 is 0 Å². The van der Waals surface area contributed by atoms with E-state index in [0.29, 0.717) is 64.4 Å². The number of anilines is 1. The largest absolute Gasteiger partial charge is 0.462 e. The maximum Gasteiger partial charge on any atom is 0.407 e. The number of fused-ring (bicyclic) bond motifs is 1. The lowest BCUT2D eigenvalue weighted by atomic mass is 9.65. The van der Waals surface area contributed by atoms with Gasteiger partial charge in [-0.3, -0.25) is 4.79 Å². The number of amides is 1. The van der Waals surface area contributed by atoms with E-state index in [1.807, 2.05) is 30.3 Å². The molecule has 1 fully saturated rings. The van der Waals surface area contributed by atoms with Gasteiger partial charge in [0.1, 0.15) is 12.2 Å². The van der Waals surface area contributed by atoms with Crippen molar-refractivity contribution in [1.29, 1.82) is 0 Å². The third-order valence-corrected chi connectivity index (χ3v) is 15.3. The normalized spacial score (nSPS) is 26.5. The topological polar surface area (TPSA) is 114 Å². The van der Waals surface area contributed by atoms with Gasteiger partial charge in [0.25, 0.3) is 0 Å². The average molecular weight is 729 g/mol. The highest BCUT2D eigenvalue weighted by molar-refractivity contribution is 6.74. The minimum absolute atomic E-state index is 0.0788. The summed E-state index contributed by atoms with van der Waals surface area (Å²) in [5, 5.41) is 6.26. The number of rotatable bonds is 19. The van der Waals surface area contributed by atoms with Gasteiger partial charge in [-0.05, 0) is 72.9 Å². The standard InChI is InChI=1S/C40H64N2O8Si/c1-29-25-31-14-13-30(2)35(16-15-33-27-34(28-37(43)48-33)50-51(6,7)40(3,4)5)38(31)36(26-29)49-39(44)42-18-20-46-22-24-47-23-21-45-19-17-41-32-11-9-8-10-12-32/h8-14,25,29-30,33-36,38,41H,15-24,26-28H2,1-7H3,(H,42,44)/t29-,30-,33+,34+,35-,36-,38-/m0/s1. The van der Waals surface area contributed by atoms with Gasteiger partial charge in [0.15, 0.2) is 8.32 Å². The van der Waals surface area contributed by atoms with Crippen LogP contribution >= 0.6 is 0 Å². The molecule has 0 radical (unpaired) electrons. The Morgan fingerprint density at radius 2 is 1.59 bits per heavy atom. The first-order valence-corrected chi connectivity index (χ1v) is 22.0. The molecule has 0 unspecified atom stereocenters. The van der Waals surface area contributed by atoms with Gasteiger partial charge in [0.05, 0.1) is 52.2 Å². The zero-order valence-corrected chi connectivity index (χ0v) is 33.1. The third kappa shape index (κ3) is 13.3. The van der Waals surface area contributed by atoms with E-state index in [1.165, 1.54) is 5.57 Å². The molecule has 4 rings (SSSR count). The first-order valence-electron chi connectivity index (χ1n) is 19.1. The van der Waals surface area contributed by atoms with Gasteiger partial charge in [-0.15, -0.1) is 0 Å². The number of allylic oxidation sites excluding steroid dienone is 3. The average Bonchev–Trinajstić information content (AvgIpc) is 3.06. The summed E-state index contributed by atoms with van der Waals surface area (Å²) >= 11 is 0. The number of cyclic esters (lactones) is 1. The number of hydrogen-bond donors (Lipinski definition) is 2. The number of carbonyl (C=O) groups is 2. The number of esters is 1. The maximum atomic E-state index is 13.0. The van der Waals surface area contributed by atoms with Crippen molar-refractivity contribution in [3.63, 3.8) is 0 Å². The third-order valence-electron chi connectivity index (χ3n) is 10.8. The highest BCUT2D eigenvalue weighted by Crippen LogP contribution is 2.45. The fourth-order valence-electron chi connectivity index (χ4n) is 7.07. The van der Waals surface area contributed by atoms with Gasteiger partial charge in [0, 0.05) is 31.1 Å². The van der Waals surface area contributed by atoms with Gasteiger partial charge in [-0.2, -0.15) is 0 Å². The minimum Gasteiger partial charge on any atom is -0.462 e. The van der Waals surface area contributed by atoms with E-state index in [1.54, 1.807) is 0 Å².